The van der Waals surface area contributed by atoms with Crippen molar-refractivity contribution in [2.45, 2.75) is 25.4 Å². The Morgan fingerprint density at radius 3 is 2.26 bits per heavy atom. The van der Waals surface area contributed by atoms with Crippen LogP contribution in [0.1, 0.15) is 16.7 Å². The first-order valence-electron chi connectivity index (χ1n) is 10.00. The molecule has 0 bridgehead atoms. The lowest BCUT2D eigenvalue weighted by Crippen LogP contribution is -2.50. The van der Waals surface area contributed by atoms with E-state index in [0.29, 0.717) is 12.0 Å². The SMILES string of the molecule is CNC(=O)[C@@H](Cc1ccccc1)N(Cc1cccc(Br)c1)C(=O)Cc1ccc(F)cc1. The van der Waals surface area contributed by atoms with Gasteiger partial charge in [0.25, 0.3) is 0 Å². The Bertz CT molecular complexity index is 1030. The first-order chi connectivity index (χ1) is 15.0. The summed E-state index contributed by atoms with van der Waals surface area (Å²) in [6.45, 7) is 0.282. The summed E-state index contributed by atoms with van der Waals surface area (Å²) in [6, 6.07) is 22.5. The van der Waals surface area contributed by atoms with Gasteiger partial charge in [-0.25, -0.2) is 4.39 Å². The van der Waals surface area contributed by atoms with Gasteiger partial charge in [-0.2, -0.15) is 0 Å². The minimum Gasteiger partial charge on any atom is -0.357 e. The summed E-state index contributed by atoms with van der Waals surface area (Å²) in [7, 11) is 1.57. The number of halogens is 2. The van der Waals surface area contributed by atoms with Crippen molar-refractivity contribution in [2.75, 3.05) is 7.05 Å². The van der Waals surface area contributed by atoms with Crippen molar-refractivity contribution < 1.29 is 14.0 Å². The molecule has 0 aliphatic carbocycles. The van der Waals surface area contributed by atoms with Crippen molar-refractivity contribution in [1.82, 2.24) is 10.2 Å². The largest absolute Gasteiger partial charge is 0.357 e. The molecule has 0 radical (unpaired) electrons. The normalized spacial score (nSPS) is 11.6. The fraction of sp³-hybridized carbons (Fsp3) is 0.200. The molecule has 3 aromatic carbocycles. The summed E-state index contributed by atoms with van der Waals surface area (Å²) < 4.78 is 14.2. The van der Waals surface area contributed by atoms with Crippen LogP contribution in [0.4, 0.5) is 4.39 Å². The zero-order chi connectivity index (χ0) is 22.2. The van der Waals surface area contributed by atoms with Gasteiger partial charge in [0.15, 0.2) is 0 Å². The molecule has 31 heavy (non-hydrogen) atoms. The third kappa shape index (κ3) is 6.49. The first kappa shape index (κ1) is 22.7. The quantitative estimate of drug-likeness (QED) is 0.513. The minimum absolute atomic E-state index is 0.0799. The molecular weight excluding hydrogens is 459 g/mol. The molecule has 3 aromatic rings. The number of amides is 2. The highest BCUT2D eigenvalue weighted by Gasteiger charge is 2.29. The van der Waals surface area contributed by atoms with Crippen molar-refractivity contribution in [3.63, 3.8) is 0 Å². The van der Waals surface area contributed by atoms with Gasteiger partial charge in [0.2, 0.25) is 11.8 Å². The van der Waals surface area contributed by atoms with Gasteiger partial charge in [-0.3, -0.25) is 9.59 Å². The summed E-state index contributed by atoms with van der Waals surface area (Å²) in [6.07, 6.45) is 0.472. The Labute approximate surface area is 190 Å². The molecule has 0 unspecified atom stereocenters. The molecule has 1 N–H and O–H groups in total. The average Bonchev–Trinajstić information content (AvgIpc) is 2.78. The number of hydrogen-bond donors (Lipinski definition) is 1. The number of carbonyl (C=O) groups is 2. The second kappa shape index (κ2) is 10.9. The smallest absolute Gasteiger partial charge is 0.242 e. The van der Waals surface area contributed by atoms with Crippen LogP contribution < -0.4 is 5.32 Å². The summed E-state index contributed by atoms with van der Waals surface area (Å²) in [5.41, 5.74) is 2.56. The van der Waals surface area contributed by atoms with Crippen molar-refractivity contribution in [2.24, 2.45) is 0 Å². The zero-order valence-electron chi connectivity index (χ0n) is 17.2. The van der Waals surface area contributed by atoms with E-state index in [1.54, 1.807) is 24.1 Å². The second-order valence-electron chi connectivity index (χ2n) is 7.27. The van der Waals surface area contributed by atoms with Crippen LogP contribution in [0.5, 0.6) is 0 Å². The van der Waals surface area contributed by atoms with Crippen LogP contribution in [0.25, 0.3) is 0 Å². The van der Waals surface area contributed by atoms with E-state index in [2.05, 4.69) is 21.2 Å². The molecule has 0 aliphatic heterocycles. The Kier molecular flexibility index (Phi) is 7.95. The van der Waals surface area contributed by atoms with E-state index in [1.807, 2.05) is 54.6 Å². The predicted octanol–water partition coefficient (Wildman–Crippen LogP) is 4.52. The van der Waals surface area contributed by atoms with Gasteiger partial charge in [-0.1, -0.05) is 70.5 Å². The summed E-state index contributed by atoms with van der Waals surface area (Å²) >= 11 is 3.46. The number of carbonyl (C=O) groups excluding carboxylic acids is 2. The maximum Gasteiger partial charge on any atom is 0.242 e. The first-order valence-corrected chi connectivity index (χ1v) is 10.8. The highest BCUT2D eigenvalue weighted by Crippen LogP contribution is 2.19. The molecular formula is C25H24BrFN2O2. The standard InChI is InChI=1S/C25H24BrFN2O2/c1-28-25(31)23(15-18-6-3-2-4-7-18)29(17-20-8-5-9-21(26)14-20)24(30)16-19-10-12-22(27)13-11-19/h2-14,23H,15-17H2,1H3,(H,28,31)/t23-/m1/s1. The van der Waals surface area contributed by atoms with Crippen LogP contribution in [-0.2, 0) is 29.0 Å². The minimum atomic E-state index is -0.681. The van der Waals surface area contributed by atoms with Crippen molar-refractivity contribution in [3.05, 3.63) is 106 Å². The lowest BCUT2D eigenvalue weighted by atomic mass is 10.0. The zero-order valence-corrected chi connectivity index (χ0v) is 18.8. The number of likely N-dealkylation sites (N-methyl/N-ethyl adjacent to an activating group) is 1. The molecule has 2 amide bonds. The molecule has 6 heteroatoms. The molecule has 0 saturated carbocycles. The molecule has 1 atom stereocenters. The van der Waals surface area contributed by atoms with Gasteiger partial charge in [0.1, 0.15) is 11.9 Å². The van der Waals surface area contributed by atoms with Crippen LogP contribution in [0.15, 0.2) is 83.3 Å². The number of nitrogens with zero attached hydrogens (tertiary/aromatic N) is 1. The second-order valence-corrected chi connectivity index (χ2v) is 8.19. The fourth-order valence-electron chi connectivity index (χ4n) is 3.43. The van der Waals surface area contributed by atoms with Gasteiger partial charge in [0.05, 0.1) is 6.42 Å². The molecule has 0 heterocycles. The lowest BCUT2D eigenvalue weighted by Gasteiger charge is -2.31. The summed E-state index contributed by atoms with van der Waals surface area (Å²) in [4.78, 5) is 27.8. The number of rotatable bonds is 8. The van der Waals surface area contributed by atoms with Crippen LogP contribution in [0, 0.1) is 5.82 Å². The summed E-state index contributed by atoms with van der Waals surface area (Å²) in [5.74, 6) is -0.781. The maximum atomic E-state index is 13.4. The summed E-state index contributed by atoms with van der Waals surface area (Å²) in [5, 5.41) is 2.70. The van der Waals surface area contributed by atoms with Gasteiger partial charge < -0.3 is 10.2 Å². The number of hydrogen-bond acceptors (Lipinski definition) is 2. The molecule has 0 aromatic heterocycles. The van der Waals surface area contributed by atoms with E-state index >= 15 is 0 Å². The highest BCUT2D eigenvalue weighted by molar-refractivity contribution is 9.10. The molecule has 0 fully saturated rings. The van der Waals surface area contributed by atoms with Crippen molar-refractivity contribution in [3.8, 4) is 0 Å². The van der Waals surface area contributed by atoms with Crippen LogP contribution in [-0.4, -0.2) is 29.8 Å². The van der Waals surface area contributed by atoms with Gasteiger partial charge in [0, 0.05) is 24.5 Å². The van der Waals surface area contributed by atoms with E-state index in [-0.39, 0.29) is 30.6 Å². The molecule has 3 rings (SSSR count). The van der Waals surface area contributed by atoms with Crippen LogP contribution in [0.3, 0.4) is 0 Å². The van der Waals surface area contributed by atoms with E-state index in [4.69, 9.17) is 0 Å². The monoisotopic (exact) mass is 482 g/mol. The number of nitrogens with one attached hydrogen (secondary N) is 1. The van der Waals surface area contributed by atoms with E-state index in [1.165, 1.54) is 12.1 Å². The van der Waals surface area contributed by atoms with Crippen LogP contribution in [0.2, 0.25) is 0 Å². The highest BCUT2D eigenvalue weighted by atomic mass is 79.9. The molecule has 160 valence electrons. The van der Waals surface area contributed by atoms with E-state index in [0.717, 1.165) is 15.6 Å². The molecule has 0 aliphatic rings. The topological polar surface area (TPSA) is 49.4 Å². The lowest BCUT2D eigenvalue weighted by molar-refractivity contribution is -0.140. The van der Waals surface area contributed by atoms with Crippen molar-refractivity contribution >= 4 is 27.7 Å². The van der Waals surface area contributed by atoms with Crippen LogP contribution >= 0.6 is 15.9 Å². The Hall–Kier alpha value is -2.99. The third-order valence-corrected chi connectivity index (χ3v) is 5.52. The Balaban J connectivity index is 1.93. The van der Waals surface area contributed by atoms with Gasteiger partial charge in [-0.15, -0.1) is 0 Å². The predicted molar refractivity (Wildman–Crippen MR) is 123 cm³/mol. The Morgan fingerprint density at radius 2 is 1.61 bits per heavy atom. The van der Waals surface area contributed by atoms with E-state index < -0.39 is 6.04 Å². The van der Waals surface area contributed by atoms with E-state index in [9.17, 15) is 14.0 Å². The molecule has 0 spiro atoms. The van der Waals surface area contributed by atoms with Gasteiger partial charge >= 0.3 is 0 Å². The maximum absolute atomic E-state index is 13.4. The average molecular weight is 483 g/mol. The third-order valence-electron chi connectivity index (χ3n) is 5.03. The van der Waals surface area contributed by atoms with Crippen molar-refractivity contribution in [1.29, 1.82) is 0 Å². The fourth-order valence-corrected chi connectivity index (χ4v) is 3.88. The molecule has 4 nitrogen and oxygen atoms in total. The number of benzene rings is 3. The molecule has 0 saturated heterocycles. The van der Waals surface area contributed by atoms with Gasteiger partial charge in [-0.05, 0) is 41.0 Å². The Morgan fingerprint density at radius 1 is 0.935 bits per heavy atom.